The van der Waals surface area contributed by atoms with E-state index in [1.807, 2.05) is 68.4 Å². The van der Waals surface area contributed by atoms with Crippen molar-refractivity contribution in [2.24, 2.45) is 0 Å². The van der Waals surface area contributed by atoms with Crippen LogP contribution in [0, 0.1) is 5.82 Å². The lowest BCUT2D eigenvalue weighted by molar-refractivity contribution is -0.140. The maximum absolute atomic E-state index is 14.2. The summed E-state index contributed by atoms with van der Waals surface area (Å²) in [7, 11) is -3.91. The van der Waals surface area contributed by atoms with Crippen LogP contribution >= 0.6 is 0 Å². The Kier molecular flexibility index (Phi) is 9.96. The molecule has 0 unspecified atom stereocenters. The molecule has 220 valence electrons. The van der Waals surface area contributed by atoms with E-state index in [1.165, 1.54) is 17.0 Å². The summed E-state index contributed by atoms with van der Waals surface area (Å²) in [6.07, 6.45) is 1.96. The molecule has 0 saturated carbocycles. The molecule has 4 rings (SSSR count). The molecule has 2 atom stereocenters. The molecule has 0 saturated heterocycles. The highest BCUT2D eigenvalue weighted by molar-refractivity contribution is 7.92. The lowest BCUT2D eigenvalue weighted by Gasteiger charge is -2.34. The molecule has 0 spiro atoms. The standard InChI is InChI=1S/C33H36FN3O4S/c1-4-24(2)35-33(39)31(21-25-11-6-5-7-12-25)36(22-26-17-19-28(34)20-18-26)32(38)23-37(42(3,40)41)30-16-10-14-27-13-8-9-15-29(27)30/h5-20,24,31H,4,21-23H2,1-3H3,(H,35,39)/t24-,31+/m0/s1. The Morgan fingerprint density at radius 1 is 0.857 bits per heavy atom. The zero-order chi connectivity index (χ0) is 30.3. The first kappa shape index (κ1) is 30.7. The van der Waals surface area contributed by atoms with E-state index in [0.717, 1.165) is 21.5 Å². The third kappa shape index (κ3) is 7.73. The molecule has 0 aliphatic rings. The van der Waals surface area contributed by atoms with Gasteiger partial charge in [0.25, 0.3) is 0 Å². The number of halogens is 1. The first-order valence-electron chi connectivity index (χ1n) is 13.9. The van der Waals surface area contributed by atoms with E-state index < -0.39 is 34.3 Å². The second kappa shape index (κ2) is 13.6. The van der Waals surface area contributed by atoms with Crippen LogP contribution in [-0.4, -0.2) is 50.0 Å². The summed E-state index contributed by atoms with van der Waals surface area (Å²) in [5.74, 6) is -1.33. The van der Waals surface area contributed by atoms with E-state index in [4.69, 9.17) is 0 Å². The van der Waals surface area contributed by atoms with Crippen molar-refractivity contribution in [1.82, 2.24) is 10.2 Å². The Hall–Kier alpha value is -4.24. The van der Waals surface area contributed by atoms with E-state index >= 15 is 0 Å². The molecule has 4 aromatic carbocycles. The Bertz CT molecular complexity index is 1620. The summed E-state index contributed by atoms with van der Waals surface area (Å²) >= 11 is 0. The molecule has 0 aromatic heterocycles. The van der Waals surface area contributed by atoms with Gasteiger partial charge in [-0.3, -0.25) is 13.9 Å². The highest BCUT2D eigenvalue weighted by Gasteiger charge is 2.33. The number of amides is 2. The first-order chi connectivity index (χ1) is 20.1. The van der Waals surface area contributed by atoms with Crippen LogP contribution in [0.25, 0.3) is 10.8 Å². The maximum atomic E-state index is 14.2. The molecule has 9 heteroatoms. The lowest BCUT2D eigenvalue weighted by atomic mass is 10.0. The average Bonchev–Trinajstić information content (AvgIpc) is 2.98. The van der Waals surface area contributed by atoms with E-state index in [-0.39, 0.29) is 24.9 Å². The number of sulfonamides is 1. The second-order valence-corrected chi connectivity index (χ2v) is 12.3. The van der Waals surface area contributed by atoms with Gasteiger partial charge < -0.3 is 10.2 Å². The van der Waals surface area contributed by atoms with Gasteiger partial charge in [0.1, 0.15) is 18.4 Å². The third-order valence-electron chi connectivity index (χ3n) is 7.25. The Morgan fingerprint density at radius 3 is 2.17 bits per heavy atom. The summed E-state index contributed by atoms with van der Waals surface area (Å²) in [6, 6.07) is 26.6. The van der Waals surface area contributed by atoms with Crippen LogP contribution < -0.4 is 9.62 Å². The fraction of sp³-hybridized carbons (Fsp3) is 0.273. The van der Waals surface area contributed by atoms with Crippen molar-refractivity contribution in [3.8, 4) is 0 Å². The predicted molar refractivity (Wildman–Crippen MR) is 165 cm³/mol. The van der Waals surface area contributed by atoms with Gasteiger partial charge in [-0.1, -0.05) is 85.8 Å². The minimum atomic E-state index is -3.91. The minimum absolute atomic E-state index is 0.0162. The van der Waals surface area contributed by atoms with Crippen LogP contribution in [0.1, 0.15) is 31.4 Å². The van der Waals surface area contributed by atoms with Crippen molar-refractivity contribution in [3.63, 3.8) is 0 Å². The van der Waals surface area contributed by atoms with Gasteiger partial charge in [0, 0.05) is 24.4 Å². The van der Waals surface area contributed by atoms with Crippen molar-refractivity contribution >= 4 is 38.3 Å². The van der Waals surface area contributed by atoms with Crippen molar-refractivity contribution in [2.75, 3.05) is 17.1 Å². The fourth-order valence-corrected chi connectivity index (χ4v) is 5.66. The van der Waals surface area contributed by atoms with Gasteiger partial charge in [-0.25, -0.2) is 12.8 Å². The van der Waals surface area contributed by atoms with Crippen LogP contribution in [-0.2, 0) is 32.6 Å². The number of fused-ring (bicyclic) bond motifs is 1. The number of hydrogen-bond acceptors (Lipinski definition) is 4. The van der Waals surface area contributed by atoms with Crippen LogP contribution in [0.3, 0.4) is 0 Å². The largest absolute Gasteiger partial charge is 0.352 e. The van der Waals surface area contributed by atoms with Gasteiger partial charge in [0.2, 0.25) is 21.8 Å². The molecule has 4 aromatic rings. The van der Waals surface area contributed by atoms with E-state index in [9.17, 15) is 22.4 Å². The number of carbonyl (C=O) groups excluding carboxylic acids is 2. The normalized spacial score (nSPS) is 12.9. The summed E-state index contributed by atoms with van der Waals surface area (Å²) in [5.41, 5.74) is 1.82. The van der Waals surface area contributed by atoms with Crippen LogP contribution in [0.5, 0.6) is 0 Å². The monoisotopic (exact) mass is 589 g/mol. The Balaban J connectivity index is 1.78. The SMILES string of the molecule is CC[C@H](C)NC(=O)[C@@H](Cc1ccccc1)N(Cc1ccc(F)cc1)C(=O)CN(c1cccc2ccccc12)S(C)(=O)=O. The molecule has 42 heavy (non-hydrogen) atoms. The van der Waals surface area contributed by atoms with Gasteiger partial charge in [0.15, 0.2) is 0 Å². The number of carbonyl (C=O) groups is 2. The number of nitrogens with one attached hydrogen (secondary N) is 1. The fourth-order valence-electron chi connectivity index (χ4n) is 4.80. The lowest BCUT2D eigenvalue weighted by Crippen LogP contribution is -2.54. The second-order valence-electron chi connectivity index (χ2n) is 10.4. The van der Waals surface area contributed by atoms with Crippen molar-refractivity contribution in [1.29, 1.82) is 0 Å². The molecule has 2 amide bonds. The quantitative estimate of drug-likeness (QED) is 0.243. The topological polar surface area (TPSA) is 86.8 Å². The Morgan fingerprint density at radius 2 is 1.50 bits per heavy atom. The summed E-state index contributed by atoms with van der Waals surface area (Å²) in [6.45, 7) is 3.30. The molecule has 0 aliphatic carbocycles. The molecule has 1 N–H and O–H groups in total. The number of nitrogens with zero attached hydrogens (tertiary/aromatic N) is 2. The molecular formula is C33H36FN3O4S. The first-order valence-corrected chi connectivity index (χ1v) is 15.7. The highest BCUT2D eigenvalue weighted by atomic mass is 32.2. The third-order valence-corrected chi connectivity index (χ3v) is 8.38. The van der Waals surface area contributed by atoms with Gasteiger partial charge in [0.05, 0.1) is 11.9 Å². The van der Waals surface area contributed by atoms with Gasteiger partial charge in [-0.15, -0.1) is 0 Å². The summed E-state index contributed by atoms with van der Waals surface area (Å²) < 4.78 is 41.1. The van der Waals surface area contributed by atoms with Crippen molar-refractivity contribution in [2.45, 2.75) is 45.3 Å². The van der Waals surface area contributed by atoms with E-state index in [2.05, 4.69) is 5.32 Å². The van der Waals surface area contributed by atoms with E-state index in [0.29, 0.717) is 23.1 Å². The molecular weight excluding hydrogens is 553 g/mol. The molecule has 0 fully saturated rings. The van der Waals surface area contributed by atoms with Crippen LogP contribution in [0.4, 0.5) is 10.1 Å². The smallest absolute Gasteiger partial charge is 0.244 e. The van der Waals surface area contributed by atoms with Gasteiger partial charge >= 0.3 is 0 Å². The summed E-state index contributed by atoms with van der Waals surface area (Å²) in [5, 5.41) is 4.50. The molecule has 0 heterocycles. The van der Waals surface area contributed by atoms with Crippen LogP contribution in [0.2, 0.25) is 0 Å². The number of anilines is 1. The zero-order valence-corrected chi connectivity index (χ0v) is 24.9. The molecule has 0 radical (unpaired) electrons. The number of rotatable bonds is 12. The Labute approximate surface area is 247 Å². The van der Waals surface area contributed by atoms with Crippen molar-refractivity contribution < 1.29 is 22.4 Å². The average molecular weight is 590 g/mol. The maximum Gasteiger partial charge on any atom is 0.244 e. The number of hydrogen-bond donors (Lipinski definition) is 1. The highest BCUT2D eigenvalue weighted by Crippen LogP contribution is 2.29. The van der Waals surface area contributed by atoms with Gasteiger partial charge in [-0.2, -0.15) is 0 Å². The molecule has 0 bridgehead atoms. The van der Waals surface area contributed by atoms with Crippen molar-refractivity contribution in [3.05, 3.63) is 114 Å². The molecule has 0 aliphatic heterocycles. The zero-order valence-electron chi connectivity index (χ0n) is 24.0. The van der Waals surface area contributed by atoms with Gasteiger partial charge in [-0.05, 0) is 48.1 Å². The van der Waals surface area contributed by atoms with E-state index in [1.54, 1.807) is 30.3 Å². The predicted octanol–water partition coefficient (Wildman–Crippen LogP) is 5.30. The molecule has 7 nitrogen and oxygen atoms in total. The minimum Gasteiger partial charge on any atom is -0.352 e. The van der Waals surface area contributed by atoms with Crippen LogP contribution in [0.15, 0.2) is 97.1 Å². The number of benzene rings is 4. The summed E-state index contributed by atoms with van der Waals surface area (Å²) in [4.78, 5) is 29.4.